The van der Waals surface area contributed by atoms with E-state index in [1.54, 1.807) is 0 Å². The van der Waals surface area contributed by atoms with Crippen LogP contribution in [0.4, 0.5) is 0 Å². The number of rotatable bonds is 4. The van der Waals surface area contributed by atoms with Crippen molar-refractivity contribution in [1.82, 2.24) is 0 Å². The van der Waals surface area contributed by atoms with Crippen LogP contribution in [0.1, 0.15) is 26.3 Å². The normalized spacial score (nSPS) is 12.0. The summed E-state index contributed by atoms with van der Waals surface area (Å²) in [6.07, 6.45) is 0. The van der Waals surface area contributed by atoms with E-state index in [1.165, 1.54) is 82.4 Å². The van der Waals surface area contributed by atoms with Crippen molar-refractivity contribution in [3.8, 4) is 44.5 Å². The highest BCUT2D eigenvalue weighted by molar-refractivity contribution is 6.25. The Morgan fingerprint density at radius 2 is 0.750 bits per heavy atom. The third-order valence-corrected chi connectivity index (χ3v) is 9.20. The van der Waals surface area contributed by atoms with Gasteiger partial charge in [0, 0.05) is 0 Å². The van der Waals surface area contributed by atoms with Crippen LogP contribution >= 0.6 is 0 Å². The van der Waals surface area contributed by atoms with Gasteiger partial charge in [0.2, 0.25) is 0 Å². The van der Waals surface area contributed by atoms with Gasteiger partial charge in [-0.05, 0) is 87.8 Å². The molecule has 8 aromatic carbocycles. The van der Waals surface area contributed by atoms with Crippen molar-refractivity contribution in [2.24, 2.45) is 0 Å². The van der Waals surface area contributed by atoms with Crippen LogP contribution in [-0.4, -0.2) is 0 Å². The molecule has 44 heavy (non-hydrogen) atoms. The average molecular weight is 563 g/mol. The van der Waals surface area contributed by atoms with Gasteiger partial charge in [-0.3, -0.25) is 0 Å². The monoisotopic (exact) mass is 562 g/mol. The minimum Gasteiger partial charge on any atom is -0.0622 e. The summed E-state index contributed by atoms with van der Waals surface area (Å²) in [4.78, 5) is 0. The summed E-state index contributed by atoms with van der Waals surface area (Å²) in [6.45, 7) is 6.88. The molecule has 8 rings (SSSR count). The van der Waals surface area contributed by atoms with Gasteiger partial charge in [-0.15, -0.1) is 0 Å². The quantitative estimate of drug-likeness (QED) is 0.187. The molecule has 0 spiro atoms. The van der Waals surface area contributed by atoms with E-state index >= 15 is 0 Å². The highest BCUT2D eigenvalue weighted by Gasteiger charge is 2.18. The van der Waals surface area contributed by atoms with Crippen LogP contribution in [0.3, 0.4) is 0 Å². The molecular weight excluding hydrogens is 528 g/mol. The van der Waals surface area contributed by atoms with E-state index < -0.39 is 0 Å². The van der Waals surface area contributed by atoms with E-state index in [4.69, 9.17) is 0 Å². The Labute approximate surface area is 259 Å². The highest BCUT2D eigenvalue weighted by atomic mass is 14.2. The van der Waals surface area contributed by atoms with Crippen molar-refractivity contribution >= 4 is 32.3 Å². The molecule has 8 aromatic rings. The molecule has 0 atom stereocenters. The van der Waals surface area contributed by atoms with Crippen LogP contribution in [-0.2, 0) is 5.41 Å². The van der Waals surface area contributed by atoms with E-state index in [-0.39, 0.29) is 5.41 Å². The van der Waals surface area contributed by atoms with Gasteiger partial charge in [-0.25, -0.2) is 0 Å². The van der Waals surface area contributed by atoms with Crippen LogP contribution in [0.25, 0.3) is 76.8 Å². The van der Waals surface area contributed by atoms with E-state index in [1.807, 2.05) is 0 Å². The standard InChI is InChI=1S/C44H34/c1-44(2,3)39-27-37-22-21-36-23-25-40(41-26-24-38(28-39)42(37)43(36)41)35-19-17-34(18-20-35)33-15-13-32(14-16-33)31-11-9-30(10-12-31)29-7-5-4-6-8-29/h4-28H,1-3H3. The summed E-state index contributed by atoms with van der Waals surface area (Å²) in [5.74, 6) is 0. The lowest BCUT2D eigenvalue weighted by Crippen LogP contribution is -2.10. The van der Waals surface area contributed by atoms with Crippen molar-refractivity contribution in [1.29, 1.82) is 0 Å². The van der Waals surface area contributed by atoms with Crippen LogP contribution in [0.15, 0.2) is 152 Å². The average Bonchev–Trinajstić information content (AvgIpc) is 3.07. The Morgan fingerprint density at radius 1 is 0.341 bits per heavy atom. The summed E-state index contributed by atoms with van der Waals surface area (Å²) in [5.41, 5.74) is 11.4. The second kappa shape index (κ2) is 10.2. The molecule has 0 saturated heterocycles. The molecule has 0 aliphatic rings. The van der Waals surface area contributed by atoms with Gasteiger partial charge in [-0.2, -0.15) is 0 Å². The van der Waals surface area contributed by atoms with E-state index in [9.17, 15) is 0 Å². The van der Waals surface area contributed by atoms with Gasteiger partial charge in [0.05, 0.1) is 0 Å². The zero-order valence-electron chi connectivity index (χ0n) is 25.4. The molecule has 0 saturated carbocycles. The van der Waals surface area contributed by atoms with Gasteiger partial charge < -0.3 is 0 Å². The number of hydrogen-bond acceptors (Lipinski definition) is 0. The summed E-state index contributed by atoms with van der Waals surface area (Å²) < 4.78 is 0. The zero-order valence-corrected chi connectivity index (χ0v) is 25.4. The van der Waals surface area contributed by atoms with Crippen molar-refractivity contribution in [3.05, 3.63) is 157 Å². The first kappa shape index (κ1) is 26.4. The first-order chi connectivity index (χ1) is 21.4. The van der Waals surface area contributed by atoms with Gasteiger partial charge >= 0.3 is 0 Å². The topological polar surface area (TPSA) is 0 Å². The molecule has 0 radical (unpaired) electrons. The molecule has 0 aromatic heterocycles. The summed E-state index contributed by atoms with van der Waals surface area (Å²) in [5, 5.41) is 8.02. The van der Waals surface area contributed by atoms with Crippen LogP contribution in [0.2, 0.25) is 0 Å². The first-order valence-corrected chi connectivity index (χ1v) is 15.5. The van der Waals surface area contributed by atoms with Crippen LogP contribution in [0, 0.1) is 0 Å². The largest absolute Gasteiger partial charge is 0.0622 e. The Bertz CT molecular complexity index is 2230. The van der Waals surface area contributed by atoms with Crippen molar-refractivity contribution < 1.29 is 0 Å². The lowest BCUT2D eigenvalue weighted by molar-refractivity contribution is 0.591. The van der Waals surface area contributed by atoms with E-state index in [2.05, 4.69) is 172 Å². The molecule has 0 N–H and O–H groups in total. The highest BCUT2D eigenvalue weighted by Crippen LogP contribution is 2.41. The second-order valence-corrected chi connectivity index (χ2v) is 13.0. The molecule has 0 aliphatic carbocycles. The van der Waals surface area contributed by atoms with Gasteiger partial charge in [0.1, 0.15) is 0 Å². The van der Waals surface area contributed by atoms with Crippen LogP contribution < -0.4 is 0 Å². The van der Waals surface area contributed by atoms with Crippen molar-refractivity contribution in [2.45, 2.75) is 26.2 Å². The molecule has 0 nitrogen and oxygen atoms in total. The maximum absolute atomic E-state index is 2.38. The predicted molar refractivity (Wildman–Crippen MR) is 191 cm³/mol. The second-order valence-electron chi connectivity index (χ2n) is 13.0. The molecule has 0 heteroatoms. The zero-order chi connectivity index (χ0) is 29.8. The van der Waals surface area contributed by atoms with Gasteiger partial charge in [0.15, 0.2) is 0 Å². The molecule has 0 heterocycles. The summed E-state index contributed by atoms with van der Waals surface area (Å²) >= 11 is 0. The molecular formula is C44H34. The van der Waals surface area contributed by atoms with Crippen LogP contribution in [0.5, 0.6) is 0 Å². The van der Waals surface area contributed by atoms with Crippen molar-refractivity contribution in [2.75, 3.05) is 0 Å². The number of hydrogen-bond donors (Lipinski definition) is 0. The molecule has 0 fully saturated rings. The third-order valence-electron chi connectivity index (χ3n) is 9.20. The predicted octanol–water partition coefficient (Wildman–Crippen LogP) is 12.5. The fourth-order valence-corrected chi connectivity index (χ4v) is 6.69. The lowest BCUT2D eigenvalue weighted by atomic mass is 9.82. The molecule has 0 unspecified atom stereocenters. The Kier molecular flexibility index (Phi) is 6.13. The fraction of sp³-hybridized carbons (Fsp3) is 0.0909. The van der Waals surface area contributed by atoms with Gasteiger partial charge in [0.25, 0.3) is 0 Å². The Morgan fingerprint density at radius 3 is 1.25 bits per heavy atom. The fourth-order valence-electron chi connectivity index (χ4n) is 6.69. The summed E-state index contributed by atoms with van der Waals surface area (Å²) in [7, 11) is 0. The molecule has 0 bridgehead atoms. The number of benzene rings is 8. The first-order valence-electron chi connectivity index (χ1n) is 15.5. The maximum Gasteiger partial charge on any atom is -0.00206 e. The summed E-state index contributed by atoms with van der Waals surface area (Å²) in [6, 6.07) is 55.9. The third kappa shape index (κ3) is 4.55. The van der Waals surface area contributed by atoms with Crippen molar-refractivity contribution in [3.63, 3.8) is 0 Å². The maximum atomic E-state index is 2.38. The van der Waals surface area contributed by atoms with E-state index in [0.29, 0.717) is 0 Å². The van der Waals surface area contributed by atoms with E-state index in [0.717, 1.165) is 0 Å². The Balaban J connectivity index is 1.10. The minimum absolute atomic E-state index is 0.117. The van der Waals surface area contributed by atoms with Gasteiger partial charge in [-0.1, -0.05) is 172 Å². The molecule has 0 aliphatic heterocycles. The SMILES string of the molecule is CC(C)(C)c1cc2ccc3ccc(-c4ccc(-c5ccc(-c6ccc(-c7ccccc7)cc6)cc5)cc4)c4ccc(c1)c2c34. The minimum atomic E-state index is 0.117. The lowest BCUT2D eigenvalue weighted by Gasteiger charge is -2.22. The smallest absolute Gasteiger partial charge is 0.00206 e. The Hall–Kier alpha value is -5.20. The molecule has 0 amide bonds. The molecule has 210 valence electrons.